The molecule has 156 valence electrons. The van der Waals surface area contributed by atoms with Crippen molar-refractivity contribution in [2.24, 2.45) is 5.41 Å². The van der Waals surface area contributed by atoms with Gasteiger partial charge in [-0.1, -0.05) is 48.0 Å². The van der Waals surface area contributed by atoms with Gasteiger partial charge in [0.2, 0.25) is 5.91 Å². The second-order valence-electron chi connectivity index (χ2n) is 8.59. The molecule has 4 amide bonds. The third kappa shape index (κ3) is 2.75. The zero-order valence-corrected chi connectivity index (χ0v) is 17.7. The van der Waals surface area contributed by atoms with Gasteiger partial charge in [-0.05, 0) is 47.9 Å². The van der Waals surface area contributed by atoms with E-state index in [4.69, 9.17) is 0 Å². The maximum Gasteiger partial charge on any atom is 0.335 e. The van der Waals surface area contributed by atoms with Crippen LogP contribution in [-0.4, -0.2) is 31.4 Å². The fourth-order valence-corrected chi connectivity index (χ4v) is 4.96. The van der Waals surface area contributed by atoms with Crippen molar-refractivity contribution in [3.8, 4) is 0 Å². The number of aryl methyl sites for hydroxylation is 2. The molecular weight excluding hydrogens is 390 g/mol. The molecule has 0 aliphatic carbocycles. The molecule has 1 saturated heterocycles. The number of imide groups is 2. The van der Waals surface area contributed by atoms with Gasteiger partial charge in [0.1, 0.15) is 0 Å². The Morgan fingerprint density at radius 1 is 0.935 bits per heavy atom. The highest BCUT2D eigenvalue weighted by molar-refractivity contribution is 6.30. The van der Waals surface area contributed by atoms with E-state index in [0.29, 0.717) is 5.69 Å². The molecule has 5 rings (SSSR count). The van der Waals surface area contributed by atoms with Crippen LogP contribution in [0.1, 0.15) is 16.7 Å². The summed E-state index contributed by atoms with van der Waals surface area (Å²) in [5, 5.41) is 4.53. The van der Waals surface area contributed by atoms with Gasteiger partial charge in [-0.3, -0.25) is 14.9 Å². The Bertz CT molecular complexity index is 1280. The summed E-state index contributed by atoms with van der Waals surface area (Å²) in [6.07, 6.45) is 0.243. The average Bonchev–Trinajstić information content (AvgIpc) is 2.74. The van der Waals surface area contributed by atoms with E-state index in [2.05, 4.69) is 11.4 Å². The smallest absolute Gasteiger partial charge is 0.335 e. The second kappa shape index (κ2) is 6.67. The van der Waals surface area contributed by atoms with Crippen LogP contribution in [0.2, 0.25) is 0 Å². The molecule has 0 radical (unpaired) electrons. The summed E-state index contributed by atoms with van der Waals surface area (Å²) in [4.78, 5) is 42.9. The fourth-order valence-electron chi connectivity index (χ4n) is 4.96. The summed E-state index contributed by atoms with van der Waals surface area (Å²) in [5.41, 5.74) is 2.92. The summed E-state index contributed by atoms with van der Waals surface area (Å²) in [7, 11) is 1.88. The van der Waals surface area contributed by atoms with Crippen molar-refractivity contribution in [1.29, 1.82) is 0 Å². The van der Waals surface area contributed by atoms with Crippen LogP contribution in [0.15, 0.2) is 54.6 Å². The fraction of sp³-hybridized carbons (Fsp3) is 0.240. The van der Waals surface area contributed by atoms with Gasteiger partial charge in [-0.15, -0.1) is 0 Å². The molecule has 0 aromatic heterocycles. The molecule has 6 heteroatoms. The molecule has 1 unspecified atom stereocenters. The van der Waals surface area contributed by atoms with Crippen molar-refractivity contribution >= 4 is 40.0 Å². The van der Waals surface area contributed by atoms with Gasteiger partial charge in [0.05, 0.1) is 5.69 Å². The van der Waals surface area contributed by atoms with Crippen molar-refractivity contribution in [2.45, 2.75) is 20.3 Å². The number of carbonyl (C=O) groups is 3. The predicted molar refractivity (Wildman–Crippen MR) is 120 cm³/mol. The summed E-state index contributed by atoms with van der Waals surface area (Å²) < 4.78 is 0. The van der Waals surface area contributed by atoms with Crippen LogP contribution in [0.5, 0.6) is 0 Å². The van der Waals surface area contributed by atoms with Crippen molar-refractivity contribution in [3.05, 3.63) is 71.3 Å². The number of hydrogen-bond donors (Lipinski definition) is 1. The normalized spacial score (nSPS) is 20.9. The number of benzene rings is 3. The number of nitrogens with one attached hydrogen (secondary N) is 1. The lowest BCUT2D eigenvalue weighted by atomic mass is 9.73. The van der Waals surface area contributed by atoms with E-state index in [1.165, 1.54) is 0 Å². The van der Waals surface area contributed by atoms with Crippen LogP contribution in [-0.2, 0) is 16.0 Å². The Labute approximate surface area is 180 Å². The number of fused-ring (bicyclic) bond motifs is 3. The van der Waals surface area contributed by atoms with Crippen LogP contribution in [0, 0.1) is 19.3 Å². The molecule has 1 fully saturated rings. The summed E-state index contributed by atoms with van der Waals surface area (Å²) in [6, 6.07) is 16.9. The Morgan fingerprint density at radius 3 is 2.45 bits per heavy atom. The molecule has 2 aliphatic heterocycles. The Balaban J connectivity index is 1.66. The molecular formula is C25H23N3O3. The molecule has 6 nitrogen and oxygen atoms in total. The molecule has 0 saturated carbocycles. The topological polar surface area (TPSA) is 69.7 Å². The molecule has 1 atom stereocenters. The average molecular weight is 413 g/mol. The maximum absolute atomic E-state index is 13.9. The predicted octanol–water partition coefficient (Wildman–Crippen LogP) is 3.72. The van der Waals surface area contributed by atoms with E-state index in [0.717, 1.165) is 38.1 Å². The van der Waals surface area contributed by atoms with Gasteiger partial charge in [-0.2, -0.15) is 0 Å². The van der Waals surface area contributed by atoms with Gasteiger partial charge < -0.3 is 4.90 Å². The Morgan fingerprint density at radius 2 is 1.68 bits per heavy atom. The minimum atomic E-state index is -1.38. The highest BCUT2D eigenvalue weighted by Crippen LogP contribution is 2.43. The van der Waals surface area contributed by atoms with E-state index in [1.807, 2.05) is 68.3 Å². The third-order valence-electron chi connectivity index (χ3n) is 6.48. The first-order valence-corrected chi connectivity index (χ1v) is 10.3. The zero-order valence-electron chi connectivity index (χ0n) is 17.7. The number of nitrogens with zero attached hydrogens (tertiary/aromatic N) is 2. The first-order valence-electron chi connectivity index (χ1n) is 10.3. The lowest BCUT2D eigenvalue weighted by Crippen LogP contribution is -2.68. The van der Waals surface area contributed by atoms with Crippen molar-refractivity contribution in [1.82, 2.24) is 5.32 Å². The van der Waals surface area contributed by atoms with Gasteiger partial charge in [0.25, 0.3) is 5.91 Å². The van der Waals surface area contributed by atoms with Crippen molar-refractivity contribution < 1.29 is 14.4 Å². The molecule has 3 aromatic carbocycles. The van der Waals surface area contributed by atoms with Gasteiger partial charge in [-0.25, -0.2) is 9.69 Å². The molecule has 2 aliphatic rings. The first kappa shape index (κ1) is 19.3. The number of carbonyl (C=O) groups excluding carboxylic acids is 3. The quantitative estimate of drug-likeness (QED) is 0.618. The maximum atomic E-state index is 13.9. The van der Waals surface area contributed by atoms with Crippen LogP contribution >= 0.6 is 0 Å². The summed E-state index contributed by atoms with van der Waals surface area (Å²) in [6.45, 7) is 4.03. The van der Waals surface area contributed by atoms with Crippen molar-refractivity contribution in [3.63, 3.8) is 0 Å². The Hall–Kier alpha value is -3.67. The number of urea groups is 1. The van der Waals surface area contributed by atoms with E-state index in [-0.39, 0.29) is 13.0 Å². The number of barbiturate groups is 1. The standard InChI is InChI=1S/C25H23N3O3/c1-15-8-10-20(16(2)12-15)28-23(30)25(22(29)26-24(28)31)13-19-18-7-5-4-6-17(18)9-11-21(19)27(3)14-25/h4-12H,13-14H2,1-3H3,(H,26,29,31). The van der Waals surface area contributed by atoms with Crippen molar-refractivity contribution in [2.75, 3.05) is 23.4 Å². The number of amides is 4. The summed E-state index contributed by atoms with van der Waals surface area (Å²) >= 11 is 0. The number of anilines is 2. The Kier molecular flexibility index (Phi) is 4.15. The van der Waals surface area contributed by atoms with E-state index >= 15 is 0 Å². The first-order chi connectivity index (χ1) is 14.8. The van der Waals surface area contributed by atoms with Gasteiger partial charge in [0, 0.05) is 25.7 Å². The molecule has 1 N–H and O–H groups in total. The van der Waals surface area contributed by atoms with Gasteiger partial charge in [0.15, 0.2) is 5.41 Å². The number of hydrogen-bond acceptors (Lipinski definition) is 4. The third-order valence-corrected chi connectivity index (χ3v) is 6.48. The molecule has 0 bridgehead atoms. The highest BCUT2D eigenvalue weighted by Gasteiger charge is 2.57. The molecule has 2 heterocycles. The lowest BCUT2D eigenvalue weighted by Gasteiger charge is -2.45. The largest absolute Gasteiger partial charge is 0.373 e. The minimum Gasteiger partial charge on any atom is -0.373 e. The van der Waals surface area contributed by atoms with E-state index < -0.39 is 23.3 Å². The SMILES string of the molecule is Cc1ccc(N2C(=O)NC(=O)C3(Cc4c(ccc5ccccc45)N(C)C3)C2=O)c(C)c1. The molecule has 31 heavy (non-hydrogen) atoms. The van der Waals surface area contributed by atoms with Crippen LogP contribution in [0.25, 0.3) is 10.8 Å². The lowest BCUT2D eigenvalue weighted by molar-refractivity contribution is -0.142. The van der Waals surface area contributed by atoms with Crippen LogP contribution < -0.4 is 15.1 Å². The monoisotopic (exact) mass is 413 g/mol. The number of rotatable bonds is 1. The van der Waals surface area contributed by atoms with Gasteiger partial charge >= 0.3 is 6.03 Å². The van der Waals surface area contributed by atoms with E-state index in [1.54, 1.807) is 6.07 Å². The van der Waals surface area contributed by atoms with Crippen LogP contribution in [0.3, 0.4) is 0 Å². The highest BCUT2D eigenvalue weighted by atomic mass is 16.2. The van der Waals surface area contributed by atoms with Crippen LogP contribution in [0.4, 0.5) is 16.2 Å². The molecule has 1 spiro atoms. The minimum absolute atomic E-state index is 0.206. The second-order valence-corrected chi connectivity index (χ2v) is 8.59. The zero-order chi connectivity index (χ0) is 21.9. The van der Waals surface area contributed by atoms with E-state index in [9.17, 15) is 14.4 Å². The molecule has 3 aromatic rings. The summed E-state index contributed by atoms with van der Waals surface area (Å²) in [5.74, 6) is -1.01.